The lowest BCUT2D eigenvalue weighted by molar-refractivity contribution is 0.0892. The van der Waals surface area contributed by atoms with Crippen LogP contribution < -0.4 is 5.32 Å². The summed E-state index contributed by atoms with van der Waals surface area (Å²) in [7, 11) is 0. The largest absolute Gasteiger partial charge is 0.465 e. The van der Waals surface area contributed by atoms with Crippen LogP contribution in [-0.4, -0.2) is 74.4 Å². The molecule has 3 aliphatic rings. The van der Waals surface area contributed by atoms with E-state index >= 15 is 0 Å². The average Bonchev–Trinajstić information content (AvgIpc) is 3.48. The number of thiophene rings is 1. The molecule has 2 saturated carbocycles. The van der Waals surface area contributed by atoms with Crippen LogP contribution in [0.1, 0.15) is 91.2 Å². The maximum Gasteiger partial charge on any atom is 0.407 e. The van der Waals surface area contributed by atoms with Crippen LogP contribution >= 0.6 is 11.3 Å². The second-order valence-electron chi connectivity index (χ2n) is 12.3. The normalized spacial score (nSPS) is 24.8. The number of nitrogens with one attached hydrogen (secondary N) is 1. The Bertz CT molecular complexity index is 1340. The summed E-state index contributed by atoms with van der Waals surface area (Å²) in [6, 6.07) is 13.3. The van der Waals surface area contributed by atoms with E-state index in [1.807, 2.05) is 24.3 Å². The molecule has 1 unspecified atom stereocenters. The molecule has 1 atom stereocenters. The molecule has 1 aromatic carbocycles. The third kappa shape index (κ3) is 6.31. The number of hydrogen-bond donors (Lipinski definition) is 2. The summed E-state index contributed by atoms with van der Waals surface area (Å²) < 4.78 is 2.20. The Balaban J connectivity index is 1.06. The minimum Gasteiger partial charge on any atom is -0.465 e. The van der Waals surface area contributed by atoms with Crippen LogP contribution in [0, 0.1) is 6.92 Å². The molecule has 2 N–H and O–H groups in total. The van der Waals surface area contributed by atoms with Crippen LogP contribution in [0.3, 0.4) is 0 Å². The van der Waals surface area contributed by atoms with Gasteiger partial charge in [0.2, 0.25) is 0 Å². The van der Waals surface area contributed by atoms with Gasteiger partial charge in [-0.25, -0.2) is 4.79 Å². The van der Waals surface area contributed by atoms with Crippen molar-refractivity contribution in [3.8, 4) is 0 Å². The third-order valence-corrected chi connectivity index (χ3v) is 10.7. The van der Waals surface area contributed by atoms with E-state index in [1.165, 1.54) is 37.7 Å². The van der Waals surface area contributed by atoms with Crippen LogP contribution in [0.15, 0.2) is 36.4 Å². The van der Waals surface area contributed by atoms with Crippen LogP contribution in [0.5, 0.6) is 0 Å². The Labute approximate surface area is 246 Å². The number of benzene rings is 1. The summed E-state index contributed by atoms with van der Waals surface area (Å²) in [6.07, 6.45) is 10.9. The number of aryl methyl sites for hydroxylation is 1. The van der Waals surface area contributed by atoms with E-state index < -0.39 is 6.09 Å². The van der Waals surface area contributed by atoms with Crippen molar-refractivity contribution < 1.29 is 14.7 Å². The number of amides is 2. The van der Waals surface area contributed by atoms with Crippen molar-refractivity contribution in [2.24, 2.45) is 0 Å². The zero-order valence-electron chi connectivity index (χ0n) is 24.1. The second kappa shape index (κ2) is 12.5. The third-order valence-electron chi connectivity index (χ3n) is 9.55. The molecular formula is C32H43N5O3S. The summed E-state index contributed by atoms with van der Waals surface area (Å²) in [5.74, 6) is 0.0408. The first-order valence-electron chi connectivity index (χ1n) is 15.5. The van der Waals surface area contributed by atoms with E-state index in [9.17, 15) is 14.7 Å². The Morgan fingerprint density at radius 1 is 0.976 bits per heavy atom. The average molecular weight is 578 g/mol. The molecule has 3 heterocycles. The van der Waals surface area contributed by atoms with Gasteiger partial charge in [0.1, 0.15) is 4.83 Å². The monoisotopic (exact) mass is 577 g/mol. The molecule has 0 radical (unpaired) electrons. The topological polar surface area (TPSA) is 90.7 Å². The van der Waals surface area contributed by atoms with Gasteiger partial charge in [-0.2, -0.15) is 5.10 Å². The van der Waals surface area contributed by atoms with Gasteiger partial charge >= 0.3 is 6.09 Å². The van der Waals surface area contributed by atoms with Crippen molar-refractivity contribution in [2.45, 2.75) is 102 Å². The smallest absolute Gasteiger partial charge is 0.407 e. The van der Waals surface area contributed by atoms with E-state index in [1.54, 1.807) is 16.2 Å². The highest BCUT2D eigenvalue weighted by molar-refractivity contribution is 7.20. The maximum absolute atomic E-state index is 13.3. The Hall–Kier alpha value is -2.91. The summed E-state index contributed by atoms with van der Waals surface area (Å²) in [5, 5.41) is 19.2. The van der Waals surface area contributed by atoms with Gasteiger partial charge in [0.15, 0.2) is 0 Å². The Morgan fingerprint density at radius 2 is 1.73 bits per heavy atom. The standard InChI is InChI=1S/C32H43N5O3S/c1-22-28-20-29(41-31(28)37(34-22)26-11-6-3-7-12-26)30(38)33-24-13-15-25(16-14-24)35-17-8-18-36(32(39)40)27(21-35)19-23-9-4-2-5-10-23/h2,4-5,9-10,20,24-27H,3,6-8,11-19,21H2,1H3,(H,33,38)(H,39,40)/t24-,25-,27?. The molecule has 1 saturated heterocycles. The van der Waals surface area contributed by atoms with E-state index in [0.29, 0.717) is 18.6 Å². The molecule has 2 aliphatic carbocycles. The zero-order valence-corrected chi connectivity index (χ0v) is 25.0. The highest BCUT2D eigenvalue weighted by Gasteiger charge is 2.34. The van der Waals surface area contributed by atoms with Gasteiger partial charge in [0.25, 0.3) is 5.91 Å². The number of carbonyl (C=O) groups excluding carboxylic acids is 1. The number of hydrogen-bond acceptors (Lipinski definition) is 5. The highest BCUT2D eigenvalue weighted by atomic mass is 32.1. The summed E-state index contributed by atoms with van der Waals surface area (Å²) in [5.41, 5.74) is 2.20. The second-order valence-corrected chi connectivity index (χ2v) is 13.3. The first kappa shape index (κ1) is 28.2. The van der Waals surface area contributed by atoms with Gasteiger partial charge in [-0.15, -0.1) is 11.3 Å². The Kier molecular flexibility index (Phi) is 8.63. The SMILES string of the molecule is Cc1nn(C2CCCCC2)c2sc(C(=O)N[C@H]3CC[C@H](N4CCCN(C(=O)O)C(Cc5ccccc5)C4)CC3)cc12. The molecule has 0 bridgehead atoms. The first-order valence-corrected chi connectivity index (χ1v) is 16.3. The van der Waals surface area contributed by atoms with Gasteiger partial charge in [-0.05, 0) is 69.9 Å². The van der Waals surface area contributed by atoms with Crippen molar-refractivity contribution in [3.05, 3.63) is 52.5 Å². The lowest BCUT2D eigenvalue weighted by atomic mass is 9.89. The van der Waals surface area contributed by atoms with E-state index in [0.717, 1.165) is 72.4 Å². The molecule has 220 valence electrons. The molecule has 3 aromatic rings. The number of aromatic nitrogens is 2. The van der Waals surface area contributed by atoms with E-state index in [-0.39, 0.29) is 18.0 Å². The van der Waals surface area contributed by atoms with Crippen molar-refractivity contribution in [1.29, 1.82) is 0 Å². The molecule has 9 heteroatoms. The fraction of sp³-hybridized carbons (Fsp3) is 0.594. The van der Waals surface area contributed by atoms with Crippen molar-refractivity contribution in [1.82, 2.24) is 24.9 Å². The van der Waals surface area contributed by atoms with Crippen molar-refractivity contribution in [2.75, 3.05) is 19.6 Å². The van der Waals surface area contributed by atoms with Gasteiger partial charge in [-0.1, -0.05) is 49.6 Å². The molecule has 8 nitrogen and oxygen atoms in total. The van der Waals surface area contributed by atoms with Crippen LogP contribution in [0.25, 0.3) is 10.2 Å². The summed E-state index contributed by atoms with van der Waals surface area (Å²) in [6.45, 7) is 4.33. The van der Waals surface area contributed by atoms with Gasteiger partial charge in [0.05, 0.1) is 22.7 Å². The highest BCUT2D eigenvalue weighted by Crippen LogP contribution is 2.36. The van der Waals surface area contributed by atoms with Crippen molar-refractivity contribution in [3.63, 3.8) is 0 Å². The van der Waals surface area contributed by atoms with Gasteiger partial charge in [0, 0.05) is 37.1 Å². The van der Waals surface area contributed by atoms with E-state index in [2.05, 4.69) is 34.0 Å². The predicted octanol–water partition coefficient (Wildman–Crippen LogP) is 6.25. The lowest BCUT2D eigenvalue weighted by Gasteiger charge is -2.38. The van der Waals surface area contributed by atoms with Crippen LogP contribution in [0.2, 0.25) is 0 Å². The maximum atomic E-state index is 13.3. The Morgan fingerprint density at radius 3 is 2.46 bits per heavy atom. The fourth-order valence-corrected chi connectivity index (χ4v) is 8.47. The van der Waals surface area contributed by atoms with Crippen LogP contribution in [-0.2, 0) is 6.42 Å². The van der Waals surface area contributed by atoms with E-state index in [4.69, 9.17) is 5.10 Å². The number of nitrogens with zero attached hydrogens (tertiary/aromatic N) is 4. The van der Waals surface area contributed by atoms with Crippen molar-refractivity contribution >= 4 is 33.6 Å². The zero-order chi connectivity index (χ0) is 28.3. The molecule has 6 rings (SSSR count). The summed E-state index contributed by atoms with van der Waals surface area (Å²) in [4.78, 5) is 31.5. The number of carbonyl (C=O) groups is 2. The van der Waals surface area contributed by atoms with Gasteiger partial charge in [-0.3, -0.25) is 14.4 Å². The number of rotatable bonds is 6. The minimum atomic E-state index is -0.818. The summed E-state index contributed by atoms with van der Waals surface area (Å²) >= 11 is 1.59. The molecule has 0 spiro atoms. The molecule has 3 fully saturated rings. The molecule has 2 amide bonds. The number of fused-ring (bicyclic) bond motifs is 1. The first-order chi connectivity index (χ1) is 20.0. The van der Waals surface area contributed by atoms with Gasteiger partial charge < -0.3 is 15.3 Å². The molecule has 1 aliphatic heterocycles. The fourth-order valence-electron chi connectivity index (χ4n) is 7.33. The van der Waals surface area contributed by atoms with Crippen LogP contribution in [0.4, 0.5) is 4.79 Å². The number of carboxylic acid groups (broad SMARTS) is 1. The minimum absolute atomic E-state index is 0.0408. The molecule has 2 aromatic heterocycles. The lowest BCUT2D eigenvalue weighted by Crippen LogP contribution is -2.49. The molecular weight excluding hydrogens is 534 g/mol. The quantitative estimate of drug-likeness (QED) is 0.362. The molecule has 41 heavy (non-hydrogen) atoms. The predicted molar refractivity (Wildman–Crippen MR) is 163 cm³/mol.